The highest BCUT2D eigenvalue weighted by Crippen LogP contribution is 2.38. The van der Waals surface area contributed by atoms with Gasteiger partial charge in [0.2, 0.25) is 5.91 Å². The predicted molar refractivity (Wildman–Crippen MR) is 122 cm³/mol. The number of benzene rings is 3. The van der Waals surface area contributed by atoms with Crippen molar-refractivity contribution in [1.82, 2.24) is 0 Å². The van der Waals surface area contributed by atoms with Gasteiger partial charge < -0.3 is 10.1 Å². The number of rotatable bonds is 6. The van der Waals surface area contributed by atoms with Gasteiger partial charge in [-0.15, -0.1) is 0 Å². The molecule has 0 atom stereocenters. The van der Waals surface area contributed by atoms with Crippen LogP contribution in [-0.4, -0.2) is 23.8 Å². The average molecular weight is 465 g/mol. The highest BCUT2D eigenvalue weighted by atomic mass is 79.9. The SMILES string of the molecule is O=C1Nc2ccccc2N(C(=O)Cc2cccc(OCCCBr)c2)c2ccccc21. The van der Waals surface area contributed by atoms with Gasteiger partial charge in [-0.2, -0.15) is 0 Å². The molecule has 0 aromatic heterocycles. The number of nitrogens with one attached hydrogen (secondary N) is 1. The molecule has 0 unspecified atom stereocenters. The number of anilines is 3. The third-order valence-electron chi connectivity index (χ3n) is 4.83. The molecule has 0 aliphatic carbocycles. The molecule has 0 bridgehead atoms. The van der Waals surface area contributed by atoms with E-state index < -0.39 is 0 Å². The highest BCUT2D eigenvalue weighted by molar-refractivity contribution is 9.09. The summed E-state index contributed by atoms with van der Waals surface area (Å²) in [4.78, 5) is 27.8. The Morgan fingerprint density at radius 1 is 0.967 bits per heavy atom. The smallest absolute Gasteiger partial charge is 0.257 e. The largest absolute Gasteiger partial charge is 0.494 e. The first-order valence-corrected chi connectivity index (χ1v) is 10.9. The number of nitrogens with zero attached hydrogens (tertiary/aromatic N) is 1. The molecule has 5 nitrogen and oxygen atoms in total. The molecule has 4 rings (SSSR count). The lowest BCUT2D eigenvalue weighted by Gasteiger charge is -2.24. The van der Waals surface area contributed by atoms with E-state index in [9.17, 15) is 9.59 Å². The molecule has 0 fully saturated rings. The quantitative estimate of drug-likeness (QED) is 0.396. The second kappa shape index (κ2) is 9.13. The van der Waals surface area contributed by atoms with Crippen molar-refractivity contribution in [2.75, 3.05) is 22.2 Å². The van der Waals surface area contributed by atoms with Crippen LogP contribution >= 0.6 is 15.9 Å². The van der Waals surface area contributed by atoms with E-state index in [1.54, 1.807) is 29.2 Å². The zero-order valence-electron chi connectivity index (χ0n) is 16.3. The number of alkyl halides is 1. The maximum atomic E-state index is 13.5. The van der Waals surface area contributed by atoms with E-state index in [4.69, 9.17) is 4.74 Å². The van der Waals surface area contributed by atoms with Gasteiger partial charge in [0.05, 0.1) is 35.7 Å². The number of para-hydroxylation sites is 3. The summed E-state index contributed by atoms with van der Waals surface area (Å²) >= 11 is 3.39. The van der Waals surface area contributed by atoms with E-state index in [0.717, 1.165) is 23.1 Å². The minimum atomic E-state index is -0.226. The van der Waals surface area contributed by atoms with Gasteiger partial charge in [0.15, 0.2) is 0 Å². The Labute approximate surface area is 183 Å². The number of hydrogen-bond donors (Lipinski definition) is 1. The van der Waals surface area contributed by atoms with Crippen LogP contribution in [0.25, 0.3) is 0 Å². The number of amides is 2. The molecule has 30 heavy (non-hydrogen) atoms. The molecule has 3 aromatic rings. The molecular formula is C24H21BrN2O3. The number of hydrogen-bond acceptors (Lipinski definition) is 3. The monoisotopic (exact) mass is 464 g/mol. The molecule has 3 aromatic carbocycles. The van der Waals surface area contributed by atoms with Crippen molar-refractivity contribution >= 4 is 44.8 Å². The number of fused-ring (bicyclic) bond motifs is 2. The molecule has 0 radical (unpaired) electrons. The Kier molecular flexibility index (Phi) is 6.14. The molecular weight excluding hydrogens is 444 g/mol. The minimum Gasteiger partial charge on any atom is -0.494 e. The summed E-state index contributed by atoms with van der Waals surface area (Å²) in [5.74, 6) is 0.398. The predicted octanol–water partition coefficient (Wildman–Crippen LogP) is 5.32. The number of carbonyl (C=O) groups excluding carboxylic acids is 2. The molecule has 2 amide bonds. The van der Waals surface area contributed by atoms with Crippen molar-refractivity contribution in [2.45, 2.75) is 12.8 Å². The Bertz CT molecular complexity index is 1080. The lowest BCUT2D eigenvalue weighted by atomic mass is 10.1. The molecule has 0 saturated carbocycles. The summed E-state index contributed by atoms with van der Waals surface area (Å²) < 4.78 is 5.75. The summed E-state index contributed by atoms with van der Waals surface area (Å²) in [7, 11) is 0. The van der Waals surface area contributed by atoms with Crippen molar-refractivity contribution in [3.63, 3.8) is 0 Å². The molecule has 1 heterocycles. The van der Waals surface area contributed by atoms with Crippen LogP contribution in [0, 0.1) is 0 Å². The molecule has 6 heteroatoms. The molecule has 0 saturated heterocycles. The maximum absolute atomic E-state index is 13.5. The number of carbonyl (C=O) groups is 2. The fraction of sp³-hybridized carbons (Fsp3) is 0.167. The molecule has 0 spiro atoms. The summed E-state index contributed by atoms with van der Waals surface area (Å²) in [6.07, 6.45) is 1.10. The zero-order chi connectivity index (χ0) is 20.9. The topological polar surface area (TPSA) is 58.6 Å². The summed E-state index contributed by atoms with van der Waals surface area (Å²) in [5, 5.41) is 3.79. The molecule has 1 aliphatic rings. The summed E-state index contributed by atoms with van der Waals surface area (Å²) in [6.45, 7) is 0.614. The first-order valence-electron chi connectivity index (χ1n) is 9.77. The van der Waals surface area contributed by atoms with Crippen molar-refractivity contribution in [2.24, 2.45) is 0 Å². The van der Waals surface area contributed by atoms with Gasteiger partial charge in [-0.1, -0.05) is 52.3 Å². The van der Waals surface area contributed by atoms with Gasteiger partial charge >= 0.3 is 0 Å². The van der Waals surface area contributed by atoms with E-state index in [1.807, 2.05) is 48.5 Å². The Morgan fingerprint density at radius 2 is 1.73 bits per heavy atom. The van der Waals surface area contributed by atoms with E-state index in [1.165, 1.54) is 0 Å². The molecule has 1 aliphatic heterocycles. The minimum absolute atomic E-state index is 0.121. The first-order chi connectivity index (χ1) is 14.7. The van der Waals surface area contributed by atoms with Gasteiger partial charge in [0.1, 0.15) is 5.75 Å². The molecule has 1 N–H and O–H groups in total. The van der Waals surface area contributed by atoms with Crippen molar-refractivity contribution in [3.8, 4) is 5.75 Å². The van der Waals surface area contributed by atoms with Gasteiger partial charge in [0.25, 0.3) is 5.91 Å². The zero-order valence-corrected chi connectivity index (χ0v) is 17.9. The van der Waals surface area contributed by atoms with Crippen molar-refractivity contribution in [1.29, 1.82) is 0 Å². The highest BCUT2D eigenvalue weighted by Gasteiger charge is 2.28. The van der Waals surface area contributed by atoms with Gasteiger partial charge in [-0.05, 0) is 48.4 Å². The summed E-state index contributed by atoms with van der Waals surface area (Å²) in [6, 6.07) is 22.1. The Hall–Kier alpha value is -3.12. The van der Waals surface area contributed by atoms with Crippen LogP contribution in [0.1, 0.15) is 22.3 Å². The lowest BCUT2D eigenvalue weighted by Crippen LogP contribution is -2.28. The van der Waals surface area contributed by atoms with Gasteiger partial charge in [-0.25, -0.2) is 0 Å². The second-order valence-electron chi connectivity index (χ2n) is 6.93. The number of halogens is 1. The van der Waals surface area contributed by atoms with Gasteiger partial charge in [0, 0.05) is 5.33 Å². The normalized spacial score (nSPS) is 12.4. The van der Waals surface area contributed by atoms with E-state index in [-0.39, 0.29) is 18.2 Å². The van der Waals surface area contributed by atoms with E-state index >= 15 is 0 Å². The van der Waals surface area contributed by atoms with Crippen LogP contribution in [0.5, 0.6) is 5.75 Å². The number of ether oxygens (including phenoxy) is 1. The fourth-order valence-corrected chi connectivity index (χ4v) is 3.70. The van der Waals surface area contributed by atoms with Gasteiger partial charge in [-0.3, -0.25) is 14.5 Å². The van der Waals surface area contributed by atoms with E-state index in [0.29, 0.717) is 29.2 Å². The van der Waals surface area contributed by atoms with Crippen molar-refractivity contribution < 1.29 is 14.3 Å². The Balaban J connectivity index is 1.66. The fourth-order valence-electron chi connectivity index (χ4n) is 3.47. The standard InChI is InChI=1S/C24H21BrN2O3/c25-13-6-14-30-18-8-5-7-17(15-18)16-23(28)27-21-11-3-1-9-19(21)24(29)26-20-10-2-4-12-22(20)27/h1-5,7-12,15H,6,13-14,16H2,(H,26,29). The maximum Gasteiger partial charge on any atom is 0.257 e. The first kappa shape index (κ1) is 20.2. The van der Waals surface area contributed by atoms with Crippen LogP contribution in [0.3, 0.4) is 0 Å². The third-order valence-corrected chi connectivity index (χ3v) is 5.39. The summed E-state index contributed by atoms with van der Waals surface area (Å²) in [5.41, 5.74) is 3.17. The second-order valence-corrected chi connectivity index (χ2v) is 7.73. The average Bonchev–Trinajstić information content (AvgIpc) is 2.88. The van der Waals surface area contributed by atoms with Crippen LogP contribution < -0.4 is 15.0 Å². The van der Waals surface area contributed by atoms with Crippen molar-refractivity contribution in [3.05, 3.63) is 83.9 Å². The third kappa shape index (κ3) is 4.24. The Morgan fingerprint density at radius 3 is 2.57 bits per heavy atom. The van der Waals surface area contributed by atoms with Crippen LogP contribution in [0.2, 0.25) is 0 Å². The lowest BCUT2D eigenvalue weighted by molar-refractivity contribution is -0.117. The van der Waals surface area contributed by atoms with Crippen LogP contribution in [0.4, 0.5) is 17.1 Å². The molecule has 152 valence electrons. The van der Waals surface area contributed by atoms with Crippen LogP contribution in [0.15, 0.2) is 72.8 Å². The van der Waals surface area contributed by atoms with Crippen LogP contribution in [-0.2, 0) is 11.2 Å². The van der Waals surface area contributed by atoms with E-state index in [2.05, 4.69) is 21.2 Å².